The van der Waals surface area contributed by atoms with Gasteiger partial charge in [0.05, 0.1) is 5.69 Å². The van der Waals surface area contributed by atoms with Crippen LogP contribution in [-0.2, 0) is 10.0 Å². The summed E-state index contributed by atoms with van der Waals surface area (Å²) in [6, 6.07) is 14.7. The predicted molar refractivity (Wildman–Crippen MR) is 84.9 cm³/mol. The van der Waals surface area contributed by atoms with E-state index in [0.29, 0.717) is 9.90 Å². The first-order chi connectivity index (χ1) is 9.67. The molecule has 0 aliphatic heterocycles. The van der Waals surface area contributed by atoms with Gasteiger partial charge in [-0.1, -0.05) is 30.3 Å². The number of thiophene rings is 2. The van der Waals surface area contributed by atoms with Gasteiger partial charge in [-0.05, 0) is 29.0 Å². The molecule has 0 atom stereocenters. The number of rotatable bonds is 4. The second-order valence-electron chi connectivity index (χ2n) is 4.06. The molecule has 3 aromatic rings. The minimum atomic E-state index is -3.51. The fourth-order valence-electron chi connectivity index (χ4n) is 1.83. The van der Waals surface area contributed by atoms with Crippen molar-refractivity contribution < 1.29 is 8.42 Å². The Labute approximate surface area is 125 Å². The summed E-state index contributed by atoms with van der Waals surface area (Å²) in [4.78, 5) is 1.04. The fourth-order valence-corrected chi connectivity index (χ4v) is 4.67. The molecule has 0 aliphatic rings. The number of sulfonamides is 1. The molecule has 1 N–H and O–H groups in total. The van der Waals surface area contributed by atoms with Crippen LogP contribution < -0.4 is 4.72 Å². The van der Waals surface area contributed by atoms with E-state index in [-0.39, 0.29) is 0 Å². The van der Waals surface area contributed by atoms with Crippen LogP contribution in [0.25, 0.3) is 10.4 Å². The monoisotopic (exact) mass is 321 g/mol. The number of nitrogens with one attached hydrogen (secondary N) is 1. The van der Waals surface area contributed by atoms with Crippen molar-refractivity contribution in [1.29, 1.82) is 0 Å². The van der Waals surface area contributed by atoms with Crippen molar-refractivity contribution in [3.8, 4) is 10.4 Å². The number of para-hydroxylation sites is 1. The van der Waals surface area contributed by atoms with Crippen molar-refractivity contribution in [3.63, 3.8) is 0 Å². The minimum absolute atomic E-state index is 0.318. The van der Waals surface area contributed by atoms with Gasteiger partial charge in [0.15, 0.2) is 0 Å². The van der Waals surface area contributed by atoms with E-state index in [2.05, 4.69) is 4.72 Å². The van der Waals surface area contributed by atoms with Gasteiger partial charge >= 0.3 is 0 Å². The maximum atomic E-state index is 12.3. The lowest BCUT2D eigenvalue weighted by Gasteiger charge is -2.10. The van der Waals surface area contributed by atoms with Crippen LogP contribution in [0.5, 0.6) is 0 Å². The van der Waals surface area contributed by atoms with E-state index in [9.17, 15) is 8.42 Å². The summed E-state index contributed by atoms with van der Waals surface area (Å²) in [6.07, 6.45) is 0. The summed E-state index contributed by atoms with van der Waals surface area (Å²) in [5.41, 5.74) is 1.49. The highest BCUT2D eigenvalue weighted by molar-refractivity contribution is 7.94. The first-order valence-corrected chi connectivity index (χ1v) is 9.10. The molecule has 0 aliphatic carbocycles. The molecule has 1 aromatic carbocycles. The fraction of sp³-hybridized carbons (Fsp3) is 0. The van der Waals surface area contributed by atoms with Gasteiger partial charge in [0.25, 0.3) is 10.0 Å². The first-order valence-electron chi connectivity index (χ1n) is 5.86. The van der Waals surface area contributed by atoms with Crippen molar-refractivity contribution in [1.82, 2.24) is 0 Å². The van der Waals surface area contributed by atoms with Gasteiger partial charge in [-0.2, -0.15) is 0 Å². The lowest BCUT2D eigenvalue weighted by atomic mass is 10.1. The highest BCUT2D eigenvalue weighted by Crippen LogP contribution is 2.33. The Kier molecular flexibility index (Phi) is 3.60. The zero-order chi connectivity index (χ0) is 14.0. The topological polar surface area (TPSA) is 46.2 Å². The van der Waals surface area contributed by atoms with E-state index >= 15 is 0 Å². The third-order valence-corrected chi connectivity index (χ3v) is 6.38. The molecule has 0 amide bonds. The summed E-state index contributed by atoms with van der Waals surface area (Å²) >= 11 is 2.79. The second-order valence-corrected chi connectivity index (χ2v) is 7.87. The molecular formula is C14H11NO2S3. The average Bonchev–Trinajstić information content (AvgIpc) is 3.13. The Bertz CT molecular complexity index is 791. The number of hydrogen-bond donors (Lipinski definition) is 1. The van der Waals surface area contributed by atoms with Crippen LogP contribution in [-0.4, -0.2) is 8.42 Å². The van der Waals surface area contributed by atoms with Crippen LogP contribution in [0.3, 0.4) is 0 Å². The quantitative estimate of drug-likeness (QED) is 0.779. The lowest BCUT2D eigenvalue weighted by molar-refractivity contribution is 0.603. The Morgan fingerprint density at radius 3 is 2.30 bits per heavy atom. The number of anilines is 1. The van der Waals surface area contributed by atoms with Crippen LogP contribution in [0.4, 0.5) is 5.69 Å². The second kappa shape index (κ2) is 5.40. The van der Waals surface area contributed by atoms with Crippen molar-refractivity contribution >= 4 is 38.4 Å². The van der Waals surface area contributed by atoms with E-state index in [4.69, 9.17) is 0 Å². The van der Waals surface area contributed by atoms with Crippen LogP contribution in [0.15, 0.2) is 63.5 Å². The summed E-state index contributed by atoms with van der Waals surface area (Å²) in [5.74, 6) is 0. The van der Waals surface area contributed by atoms with Gasteiger partial charge in [-0.15, -0.1) is 22.7 Å². The van der Waals surface area contributed by atoms with E-state index in [1.807, 2.05) is 35.7 Å². The summed E-state index contributed by atoms with van der Waals surface area (Å²) in [7, 11) is -3.51. The zero-order valence-corrected chi connectivity index (χ0v) is 12.8. The molecule has 0 saturated carbocycles. The SMILES string of the molecule is O=S(=O)(Nc1ccccc1-c1cccs1)c1cccs1. The molecule has 0 saturated heterocycles. The summed E-state index contributed by atoms with van der Waals surface area (Å²) in [5, 5.41) is 3.72. The number of hydrogen-bond acceptors (Lipinski definition) is 4. The molecule has 20 heavy (non-hydrogen) atoms. The largest absolute Gasteiger partial charge is 0.278 e. The molecule has 0 radical (unpaired) electrons. The van der Waals surface area contributed by atoms with Gasteiger partial charge in [0.1, 0.15) is 4.21 Å². The minimum Gasteiger partial charge on any atom is -0.278 e. The van der Waals surface area contributed by atoms with Crippen molar-refractivity contribution in [2.24, 2.45) is 0 Å². The molecule has 3 nitrogen and oxygen atoms in total. The standard InChI is InChI=1S/C14H11NO2S3/c16-20(17,14-8-4-10-19-14)15-12-6-2-1-5-11(12)13-7-3-9-18-13/h1-10,15H. The highest BCUT2D eigenvalue weighted by atomic mass is 32.2. The summed E-state index contributed by atoms with van der Waals surface area (Å²) < 4.78 is 27.6. The van der Waals surface area contributed by atoms with Gasteiger partial charge in [0.2, 0.25) is 0 Å². The van der Waals surface area contributed by atoms with Gasteiger partial charge in [-0.3, -0.25) is 4.72 Å². The molecule has 102 valence electrons. The Balaban J connectivity index is 2.00. The van der Waals surface area contributed by atoms with Crippen LogP contribution in [0.2, 0.25) is 0 Å². The Morgan fingerprint density at radius 2 is 1.60 bits per heavy atom. The average molecular weight is 321 g/mol. The van der Waals surface area contributed by atoms with Crippen LogP contribution in [0.1, 0.15) is 0 Å². The molecule has 2 aromatic heterocycles. The van der Waals surface area contributed by atoms with Gasteiger partial charge < -0.3 is 0 Å². The van der Waals surface area contributed by atoms with Crippen LogP contribution in [0, 0.1) is 0 Å². The maximum absolute atomic E-state index is 12.3. The first kappa shape index (κ1) is 13.4. The van der Waals surface area contributed by atoms with Crippen molar-refractivity contribution in [3.05, 3.63) is 59.3 Å². The normalized spacial score (nSPS) is 11.4. The molecule has 2 heterocycles. The third-order valence-electron chi connectivity index (χ3n) is 2.72. The van der Waals surface area contributed by atoms with Gasteiger partial charge in [-0.25, -0.2) is 8.42 Å². The zero-order valence-electron chi connectivity index (χ0n) is 10.3. The lowest BCUT2D eigenvalue weighted by Crippen LogP contribution is -2.12. The van der Waals surface area contributed by atoms with E-state index in [1.54, 1.807) is 34.9 Å². The molecule has 0 fully saturated rings. The van der Waals surface area contributed by atoms with E-state index in [1.165, 1.54) is 11.3 Å². The highest BCUT2D eigenvalue weighted by Gasteiger charge is 2.17. The molecule has 6 heteroatoms. The molecule has 0 bridgehead atoms. The van der Waals surface area contributed by atoms with Crippen molar-refractivity contribution in [2.75, 3.05) is 4.72 Å². The molecule has 0 spiro atoms. The molecule has 0 unspecified atom stereocenters. The van der Waals surface area contributed by atoms with Crippen molar-refractivity contribution in [2.45, 2.75) is 4.21 Å². The molecular weight excluding hydrogens is 310 g/mol. The van der Waals surface area contributed by atoms with Gasteiger partial charge in [0, 0.05) is 10.4 Å². The summed E-state index contributed by atoms with van der Waals surface area (Å²) in [6.45, 7) is 0. The smallest absolute Gasteiger partial charge is 0.271 e. The third kappa shape index (κ3) is 2.63. The van der Waals surface area contributed by atoms with E-state index < -0.39 is 10.0 Å². The van der Waals surface area contributed by atoms with Crippen LogP contribution >= 0.6 is 22.7 Å². The maximum Gasteiger partial charge on any atom is 0.271 e. The van der Waals surface area contributed by atoms with E-state index in [0.717, 1.165) is 10.4 Å². The Morgan fingerprint density at radius 1 is 0.850 bits per heavy atom. The number of benzene rings is 1. The predicted octanol–water partition coefficient (Wildman–Crippen LogP) is 4.28. The Hall–Kier alpha value is -1.63. The molecule has 3 rings (SSSR count).